The zero-order chi connectivity index (χ0) is 43.2. The molecule has 12 unspecified atom stereocenters. The molecule has 0 spiro atoms. The van der Waals surface area contributed by atoms with Gasteiger partial charge in [-0.15, -0.1) is 0 Å². The fourth-order valence-corrected chi connectivity index (χ4v) is 7.28. The second-order valence-corrected chi connectivity index (χ2v) is 14.3. The first-order valence-electron chi connectivity index (χ1n) is 18.7. The number of aliphatic carboxylic acids is 1. The lowest BCUT2D eigenvalue weighted by molar-refractivity contribution is -0.369. The van der Waals surface area contributed by atoms with Crippen LogP contribution in [-0.4, -0.2) is 220 Å². The van der Waals surface area contributed by atoms with Crippen LogP contribution in [0.1, 0.15) is 40.0 Å². The molecule has 4 heterocycles. The third-order valence-electron chi connectivity index (χ3n) is 10.3. The SMILES string of the molecule is CCCCC(=O)C1OC(OC2[C@H](O)C(CO)OC(O[C@@H]3C(C(=O)O)OC(OC4[C@H](O)C(CO)OC(OC)[C@H]4NC(C)=O)[C@@H](O)C3O)[C@H]2NC(C)=O)[C@@H](O)C(O)[C@@H]1OC. The van der Waals surface area contributed by atoms with Crippen molar-refractivity contribution < 1.29 is 108 Å². The van der Waals surface area contributed by atoms with Crippen molar-refractivity contribution >= 4 is 23.6 Å². The summed E-state index contributed by atoms with van der Waals surface area (Å²) in [6.45, 7) is 2.30. The first-order chi connectivity index (χ1) is 27.4. The number of rotatable bonds is 17. The molecule has 0 aromatic carbocycles. The van der Waals surface area contributed by atoms with Gasteiger partial charge in [-0.2, -0.15) is 0 Å². The van der Waals surface area contributed by atoms with Crippen molar-refractivity contribution in [3.63, 3.8) is 0 Å². The lowest BCUT2D eigenvalue weighted by atomic mass is 9.92. The van der Waals surface area contributed by atoms with Crippen LogP contribution >= 0.6 is 0 Å². The van der Waals surface area contributed by atoms with E-state index in [-0.39, 0.29) is 6.42 Å². The number of ether oxygens (including phenoxy) is 9. The van der Waals surface area contributed by atoms with Gasteiger partial charge in [0.05, 0.1) is 13.2 Å². The predicted molar refractivity (Wildman–Crippen MR) is 185 cm³/mol. The summed E-state index contributed by atoms with van der Waals surface area (Å²) >= 11 is 0. The van der Waals surface area contributed by atoms with Gasteiger partial charge in [-0.3, -0.25) is 14.4 Å². The molecule has 4 aliphatic heterocycles. The Hall–Kier alpha value is -2.60. The number of aliphatic hydroxyl groups is 8. The zero-order valence-electron chi connectivity index (χ0n) is 32.4. The van der Waals surface area contributed by atoms with Crippen LogP contribution in [-0.2, 0) is 61.8 Å². The molecule has 58 heavy (non-hydrogen) atoms. The van der Waals surface area contributed by atoms with Crippen LogP contribution < -0.4 is 10.6 Å². The van der Waals surface area contributed by atoms with Gasteiger partial charge in [-0.1, -0.05) is 13.3 Å². The lowest BCUT2D eigenvalue weighted by Gasteiger charge is -2.50. The summed E-state index contributed by atoms with van der Waals surface area (Å²) in [5, 5.41) is 102. The number of unbranched alkanes of at least 4 members (excludes halogenated alkanes) is 1. The quantitative estimate of drug-likeness (QED) is 0.0649. The number of hydrogen-bond acceptors (Lipinski definition) is 21. The van der Waals surface area contributed by atoms with Crippen LogP contribution in [0.4, 0.5) is 0 Å². The predicted octanol–water partition coefficient (Wildman–Crippen LogP) is -6.29. The number of methoxy groups -OCH3 is 2. The Morgan fingerprint density at radius 3 is 1.45 bits per heavy atom. The summed E-state index contributed by atoms with van der Waals surface area (Å²) in [6.07, 6.45) is -31.3. The number of ketones is 1. The van der Waals surface area contributed by atoms with Crippen LogP contribution in [0.3, 0.4) is 0 Å². The normalized spacial score (nSPS) is 43.3. The van der Waals surface area contributed by atoms with E-state index in [9.17, 15) is 65.1 Å². The second kappa shape index (κ2) is 21.3. The fraction of sp³-hybridized carbons (Fsp3) is 0.882. The molecule has 0 bridgehead atoms. The Bertz CT molecular complexity index is 1380. The Morgan fingerprint density at radius 1 is 0.569 bits per heavy atom. The monoisotopic (exact) mass is 844 g/mol. The van der Waals surface area contributed by atoms with Crippen LogP contribution in [0, 0.1) is 0 Å². The van der Waals surface area contributed by atoms with E-state index in [4.69, 9.17) is 42.6 Å². The van der Waals surface area contributed by atoms with Crippen LogP contribution in [0.25, 0.3) is 0 Å². The number of nitrogens with one attached hydrogen (secondary N) is 2. The van der Waals surface area contributed by atoms with E-state index in [1.165, 1.54) is 14.2 Å². The van der Waals surface area contributed by atoms with Gasteiger partial charge in [0.15, 0.2) is 37.0 Å². The van der Waals surface area contributed by atoms with Crippen LogP contribution in [0.2, 0.25) is 0 Å². The maximum Gasteiger partial charge on any atom is 0.335 e. The fourth-order valence-electron chi connectivity index (χ4n) is 7.28. The van der Waals surface area contributed by atoms with Gasteiger partial charge in [0.25, 0.3) is 0 Å². The number of aliphatic hydroxyl groups excluding tert-OH is 8. The zero-order valence-corrected chi connectivity index (χ0v) is 32.4. The van der Waals surface area contributed by atoms with Gasteiger partial charge in [0.2, 0.25) is 11.8 Å². The third kappa shape index (κ3) is 10.6. The maximum atomic E-state index is 13.1. The van der Waals surface area contributed by atoms with E-state index >= 15 is 0 Å². The molecule has 24 nitrogen and oxygen atoms in total. The standard InChI is InChI=1S/C34H56N2O22/c1-6-7-8-13(41)24-27(50-4)20(44)22(46)33(54-24)56-26-17(36-12(3)40)32(53-15(10-38)19(26)43)57-28-21(45)23(47)34(58-29(28)30(48)49)55-25-16(35-11(2)39)31(51-5)52-14(9-37)18(25)42/h14-29,31-34,37-38,42-47H,6-10H2,1-5H3,(H,35,39)(H,36,40)(H,48,49)/t14?,15?,16-,17-,18+,19+,20?,21?,22-,23-,24?,25?,26?,27-,28-,29?,31?,32?,33?,34?/m0/s1. The van der Waals surface area contributed by atoms with Crippen molar-refractivity contribution in [1.82, 2.24) is 10.6 Å². The van der Waals surface area contributed by atoms with E-state index in [1.54, 1.807) is 0 Å². The second-order valence-electron chi connectivity index (χ2n) is 14.3. The van der Waals surface area contributed by atoms with Crippen LogP contribution in [0.5, 0.6) is 0 Å². The molecule has 0 saturated carbocycles. The van der Waals surface area contributed by atoms with E-state index in [0.29, 0.717) is 12.8 Å². The minimum absolute atomic E-state index is 0.0180. The van der Waals surface area contributed by atoms with Gasteiger partial charge in [-0.25, -0.2) is 4.79 Å². The number of carboxylic acids is 1. The molecule has 0 aromatic rings. The molecule has 20 atom stereocenters. The van der Waals surface area contributed by atoms with E-state index in [0.717, 1.165) is 13.8 Å². The molecule has 11 N–H and O–H groups in total. The lowest BCUT2D eigenvalue weighted by Crippen LogP contribution is -2.70. The minimum Gasteiger partial charge on any atom is -0.479 e. The topological polar surface area (TPSA) is 357 Å². The van der Waals surface area contributed by atoms with E-state index < -0.39 is 159 Å². The average Bonchev–Trinajstić information content (AvgIpc) is 3.17. The van der Waals surface area contributed by atoms with Crippen molar-refractivity contribution in [3.05, 3.63) is 0 Å². The molecular weight excluding hydrogens is 788 g/mol. The van der Waals surface area contributed by atoms with Crippen molar-refractivity contribution in [2.24, 2.45) is 0 Å². The van der Waals surface area contributed by atoms with Crippen molar-refractivity contribution in [1.29, 1.82) is 0 Å². The number of Topliss-reactive ketones (excluding diaryl/α,β-unsaturated/α-hetero) is 1. The highest BCUT2D eigenvalue weighted by molar-refractivity contribution is 5.84. The minimum atomic E-state index is -2.23. The summed E-state index contributed by atoms with van der Waals surface area (Å²) in [7, 11) is 2.38. The number of amides is 2. The molecule has 4 saturated heterocycles. The number of carbonyl (C=O) groups is 4. The first kappa shape index (κ1) is 48.1. The summed E-state index contributed by atoms with van der Waals surface area (Å²) in [5.41, 5.74) is 0. The third-order valence-corrected chi connectivity index (χ3v) is 10.3. The van der Waals surface area contributed by atoms with Crippen LogP contribution in [0.15, 0.2) is 0 Å². The highest BCUT2D eigenvalue weighted by atomic mass is 16.8. The average molecular weight is 845 g/mol. The highest BCUT2D eigenvalue weighted by Crippen LogP contribution is 2.35. The summed E-state index contributed by atoms with van der Waals surface area (Å²) < 4.78 is 50.6. The molecule has 24 heteroatoms. The molecule has 4 fully saturated rings. The summed E-state index contributed by atoms with van der Waals surface area (Å²) in [4.78, 5) is 50.3. The molecule has 4 rings (SSSR count). The maximum absolute atomic E-state index is 13.1. The van der Waals surface area contributed by atoms with E-state index in [2.05, 4.69) is 10.6 Å². The molecule has 0 aliphatic carbocycles. The largest absolute Gasteiger partial charge is 0.479 e. The summed E-state index contributed by atoms with van der Waals surface area (Å²) in [5.74, 6) is -3.73. The molecule has 334 valence electrons. The number of carbonyl (C=O) groups excluding carboxylic acids is 3. The Kier molecular flexibility index (Phi) is 17.6. The van der Waals surface area contributed by atoms with Gasteiger partial charge < -0.3 is 99.2 Å². The van der Waals surface area contributed by atoms with Gasteiger partial charge in [0.1, 0.15) is 91.4 Å². The molecule has 0 aromatic heterocycles. The van der Waals surface area contributed by atoms with E-state index in [1.807, 2.05) is 6.92 Å². The van der Waals surface area contributed by atoms with Crippen molar-refractivity contribution in [2.75, 3.05) is 27.4 Å². The Balaban J connectivity index is 1.63. The van der Waals surface area contributed by atoms with Gasteiger partial charge in [-0.05, 0) is 6.42 Å². The number of hydrogen-bond donors (Lipinski definition) is 11. The first-order valence-corrected chi connectivity index (χ1v) is 18.7. The molecular formula is C34H56N2O22. The molecule has 4 aliphatic rings. The van der Waals surface area contributed by atoms with Gasteiger partial charge in [0, 0.05) is 34.5 Å². The molecule has 2 amide bonds. The highest BCUT2D eigenvalue weighted by Gasteiger charge is 2.57. The Labute approximate surface area is 332 Å². The smallest absolute Gasteiger partial charge is 0.335 e. The van der Waals surface area contributed by atoms with Gasteiger partial charge >= 0.3 is 5.97 Å². The number of carboxylic acid groups (broad SMARTS) is 1. The van der Waals surface area contributed by atoms with Crippen molar-refractivity contribution in [3.8, 4) is 0 Å². The summed E-state index contributed by atoms with van der Waals surface area (Å²) in [6, 6.07) is -3.01. The van der Waals surface area contributed by atoms with Crippen molar-refractivity contribution in [2.45, 2.75) is 163 Å². The Morgan fingerprint density at radius 2 is 1.02 bits per heavy atom. The molecule has 0 radical (unpaired) electrons.